The van der Waals surface area contributed by atoms with Gasteiger partial charge in [-0.3, -0.25) is 14.2 Å². The summed E-state index contributed by atoms with van der Waals surface area (Å²) in [6.07, 6.45) is 3.21. The smallest absolute Gasteiger partial charge is 0.264 e. The van der Waals surface area contributed by atoms with Crippen molar-refractivity contribution in [3.8, 4) is 6.07 Å². The van der Waals surface area contributed by atoms with Crippen molar-refractivity contribution in [2.24, 2.45) is 5.41 Å². The molecule has 8 heteroatoms. The number of rotatable bonds is 5. The third kappa shape index (κ3) is 2.69. The minimum Gasteiger partial charge on any atom is -0.353 e. The molecule has 1 saturated carbocycles. The van der Waals surface area contributed by atoms with Crippen molar-refractivity contribution in [1.82, 2.24) is 19.0 Å². The first-order chi connectivity index (χ1) is 12.9. The van der Waals surface area contributed by atoms with Crippen molar-refractivity contribution in [3.63, 3.8) is 0 Å². The van der Waals surface area contributed by atoms with E-state index in [4.69, 9.17) is 4.98 Å². The largest absolute Gasteiger partial charge is 0.353 e. The van der Waals surface area contributed by atoms with E-state index in [0.717, 1.165) is 0 Å². The van der Waals surface area contributed by atoms with Crippen molar-refractivity contribution >= 4 is 22.9 Å². The Labute approximate surface area is 157 Å². The Morgan fingerprint density at radius 2 is 2.15 bits per heavy atom. The molecule has 1 aliphatic carbocycles. The van der Waals surface area contributed by atoms with Gasteiger partial charge in [0.05, 0.1) is 17.5 Å². The van der Waals surface area contributed by atoms with E-state index >= 15 is 0 Å². The lowest BCUT2D eigenvalue weighted by Crippen LogP contribution is -2.53. The molecule has 8 nitrogen and oxygen atoms in total. The number of carbonyl (C=O) groups is 1. The zero-order valence-electron chi connectivity index (χ0n) is 15.9. The van der Waals surface area contributed by atoms with E-state index in [1.807, 2.05) is 31.5 Å². The molecule has 1 saturated heterocycles. The van der Waals surface area contributed by atoms with E-state index in [1.54, 1.807) is 15.5 Å². The molecule has 1 amide bonds. The van der Waals surface area contributed by atoms with Gasteiger partial charge >= 0.3 is 0 Å². The minimum absolute atomic E-state index is 0.0545. The first kappa shape index (κ1) is 17.6. The second kappa shape index (κ2) is 6.12. The number of nitrogens with zero attached hydrogens (tertiary/aromatic N) is 5. The summed E-state index contributed by atoms with van der Waals surface area (Å²) in [5.74, 6) is 0.514. The molecule has 1 aliphatic heterocycles. The number of fused-ring (bicyclic) bond motifs is 1. The van der Waals surface area contributed by atoms with Crippen LogP contribution in [-0.2, 0) is 11.3 Å². The van der Waals surface area contributed by atoms with Gasteiger partial charge in [0, 0.05) is 31.9 Å². The van der Waals surface area contributed by atoms with Gasteiger partial charge in [0.1, 0.15) is 11.1 Å². The Morgan fingerprint density at radius 1 is 1.44 bits per heavy atom. The monoisotopic (exact) mass is 368 g/mol. The molecule has 0 atom stereocenters. The zero-order chi connectivity index (χ0) is 19.3. The third-order valence-corrected chi connectivity index (χ3v) is 5.48. The highest BCUT2D eigenvalue weighted by Crippen LogP contribution is 2.47. The van der Waals surface area contributed by atoms with Gasteiger partial charge in [0.25, 0.3) is 5.56 Å². The summed E-state index contributed by atoms with van der Waals surface area (Å²) in [7, 11) is 0. The number of amides is 1. The average Bonchev–Trinajstić information content (AvgIpc) is 3.29. The summed E-state index contributed by atoms with van der Waals surface area (Å²) in [6, 6.07) is 4.21. The normalized spacial score (nSPS) is 18.4. The molecule has 2 aromatic rings. The molecule has 27 heavy (non-hydrogen) atoms. The van der Waals surface area contributed by atoms with E-state index < -0.39 is 5.41 Å². The van der Waals surface area contributed by atoms with Crippen molar-refractivity contribution in [2.45, 2.75) is 52.2 Å². The predicted molar refractivity (Wildman–Crippen MR) is 101 cm³/mol. The van der Waals surface area contributed by atoms with Gasteiger partial charge in [-0.25, -0.2) is 0 Å². The second-order valence-electron chi connectivity index (χ2n) is 7.80. The standard InChI is InChI=1S/C19H24N6O2/c1-4-24-16(26)14-5-8-25(15(14)22-18(24)21-12(2)3)13-9-23(10-13)17(27)19(11-20)6-7-19/h5,8,12-13H,4,6-7,9-10H2,1-3H3,(H,21,22). The van der Waals surface area contributed by atoms with Crippen LogP contribution in [0.3, 0.4) is 0 Å². The van der Waals surface area contributed by atoms with Crippen LogP contribution in [0, 0.1) is 16.7 Å². The first-order valence-electron chi connectivity index (χ1n) is 9.48. The SMILES string of the molecule is CCn1c(NC(C)C)nc2c(ccn2C2CN(C(=O)C3(C#N)CC3)C2)c1=O. The highest BCUT2D eigenvalue weighted by atomic mass is 16.2. The summed E-state index contributed by atoms with van der Waals surface area (Å²) >= 11 is 0. The van der Waals surface area contributed by atoms with E-state index in [1.165, 1.54) is 0 Å². The Kier molecular flexibility index (Phi) is 3.98. The Hall–Kier alpha value is -2.82. The Morgan fingerprint density at radius 3 is 2.70 bits per heavy atom. The van der Waals surface area contributed by atoms with Crippen LogP contribution in [0.1, 0.15) is 39.7 Å². The van der Waals surface area contributed by atoms with Crippen LogP contribution in [-0.4, -0.2) is 44.1 Å². The minimum atomic E-state index is -0.773. The predicted octanol–water partition coefficient (Wildman–Crippen LogP) is 1.73. The van der Waals surface area contributed by atoms with Crippen LogP contribution in [0.25, 0.3) is 11.0 Å². The molecule has 0 spiro atoms. The maximum atomic E-state index is 12.8. The fraction of sp³-hybridized carbons (Fsp3) is 0.579. The van der Waals surface area contributed by atoms with Gasteiger partial charge in [0.2, 0.25) is 11.9 Å². The van der Waals surface area contributed by atoms with Crippen LogP contribution in [0.15, 0.2) is 17.1 Å². The van der Waals surface area contributed by atoms with E-state index in [9.17, 15) is 14.9 Å². The number of hydrogen-bond acceptors (Lipinski definition) is 5. The van der Waals surface area contributed by atoms with Crippen LogP contribution in [0.5, 0.6) is 0 Å². The maximum absolute atomic E-state index is 12.8. The highest BCUT2D eigenvalue weighted by molar-refractivity contribution is 5.89. The molecule has 2 aliphatic rings. The van der Waals surface area contributed by atoms with Crippen LogP contribution in [0.4, 0.5) is 5.95 Å². The number of nitriles is 1. The van der Waals surface area contributed by atoms with Gasteiger partial charge in [-0.15, -0.1) is 0 Å². The molecular formula is C19H24N6O2. The van der Waals surface area contributed by atoms with Crippen molar-refractivity contribution in [2.75, 3.05) is 18.4 Å². The van der Waals surface area contributed by atoms with Gasteiger partial charge in [0.15, 0.2) is 0 Å². The lowest BCUT2D eigenvalue weighted by Gasteiger charge is -2.41. The summed E-state index contributed by atoms with van der Waals surface area (Å²) in [5.41, 5.74) is -0.185. The Bertz CT molecular complexity index is 1000. The van der Waals surface area contributed by atoms with Gasteiger partial charge in [-0.05, 0) is 39.7 Å². The van der Waals surface area contributed by atoms with Gasteiger partial charge in [-0.2, -0.15) is 10.2 Å². The molecule has 0 aromatic carbocycles. The van der Waals surface area contributed by atoms with Gasteiger partial charge in [-0.1, -0.05) is 0 Å². The molecule has 2 fully saturated rings. The van der Waals surface area contributed by atoms with E-state index in [0.29, 0.717) is 49.5 Å². The zero-order valence-corrected chi connectivity index (χ0v) is 15.9. The lowest BCUT2D eigenvalue weighted by atomic mass is 10.0. The van der Waals surface area contributed by atoms with E-state index in [-0.39, 0.29) is 23.6 Å². The van der Waals surface area contributed by atoms with Crippen LogP contribution < -0.4 is 10.9 Å². The molecule has 3 heterocycles. The average molecular weight is 368 g/mol. The molecule has 142 valence electrons. The number of aromatic nitrogens is 3. The number of likely N-dealkylation sites (tertiary alicyclic amines) is 1. The molecule has 0 bridgehead atoms. The lowest BCUT2D eigenvalue weighted by molar-refractivity contribution is -0.140. The quantitative estimate of drug-likeness (QED) is 0.867. The Balaban J connectivity index is 1.62. The second-order valence-corrected chi connectivity index (χ2v) is 7.80. The summed E-state index contributed by atoms with van der Waals surface area (Å²) in [6.45, 7) is 7.59. The van der Waals surface area contributed by atoms with Crippen molar-refractivity contribution < 1.29 is 4.79 Å². The highest BCUT2D eigenvalue weighted by Gasteiger charge is 2.54. The first-order valence-corrected chi connectivity index (χ1v) is 9.48. The van der Waals surface area contributed by atoms with Gasteiger partial charge < -0.3 is 14.8 Å². The summed E-state index contributed by atoms with van der Waals surface area (Å²) < 4.78 is 3.63. The fourth-order valence-corrected chi connectivity index (χ4v) is 3.68. The molecule has 1 N–H and O–H groups in total. The molecule has 4 rings (SSSR count). The molecule has 0 unspecified atom stereocenters. The topological polar surface area (TPSA) is 95.9 Å². The number of nitrogens with one attached hydrogen (secondary N) is 1. The number of hydrogen-bond donors (Lipinski definition) is 1. The summed E-state index contributed by atoms with van der Waals surface area (Å²) in [4.78, 5) is 31.7. The molecule has 0 radical (unpaired) electrons. The van der Waals surface area contributed by atoms with E-state index in [2.05, 4.69) is 11.4 Å². The molecular weight excluding hydrogens is 344 g/mol. The third-order valence-electron chi connectivity index (χ3n) is 5.48. The van der Waals surface area contributed by atoms with Crippen molar-refractivity contribution in [1.29, 1.82) is 5.26 Å². The number of carbonyl (C=O) groups excluding carboxylic acids is 1. The summed E-state index contributed by atoms with van der Waals surface area (Å²) in [5, 5.41) is 13.1. The van der Waals surface area contributed by atoms with Crippen molar-refractivity contribution in [3.05, 3.63) is 22.6 Å². The molecule has 2 aromatic heterocycles. The van der Waals surface area contributed by atoms with Crippen LogP contribution in [0.2, 0.25) is 0 Å². The number of anilines is 1. The fourth-order valence-electron chi connectivity index (χ4n) is 3.68. The maximum Gasteiger partial charge on any atom is 0.264 e. The van der Waals surface area contributed by atoms with Crippen LogP contribution >= 0.6 is 0 Å².